The van der Waals surface area contributed by atoms with Crippen LogP contribution in [0.4, 0.5) is 0 Å². The van der Waals surface area contributed by atoms with Crippen molar-refractivity contribution in [1.82, 2.24) is 0 Å². The van der Waals surface area contributed by atoms with Gasteiger partial charge in [0.1, 0.15) is 0 Å². The van der Waals surface area contributed by atoms with Crippen LogP contribution in [-0.4, -0.2) is 36.8 Å². The third-order valence-corrected chi connectivity index (χ3v) is 36.3. The summed E-state index contributed by atoms with van der Waals surface area (Å²) < 4.78 is 15.2. The molecule has 0 nitrogen and oxygen atoms in total. The van der Waals surface area contributed by atoms with Gasteiger partial charge in [0.05, 0.1) is 0 Å². The molecule has 0 aliphatic carbocycles. The molecule has 0 atom stereocenters. The molecule has 0 N–H and O–H groups in total. The monoisotopic (exact) mass is 674 g/mol. The fourth-order valence-corrected chi connectivity index (χ4v) is 35.0. The molecule has 0 unspecified atom stereocenters. The molecule has 0 saturated heterocycles. The van der Waals surface area contributed by atoms with Gasteiger partial charge in [-0.1, -0.05) is 0 Å². The van der Waals surface area contributed by atoms with Crippen molar-refractivity contribution in [3.63, 3.8) is 0 Å². The van der Waals surface area contributed by atoms with Crippen LogP contribution >= 0.6 is 0 Å². The van der Waals surface area contributed by atoms with Crippen molar-refractivity contribution >= 4 is 36.8 Å². The van der Waals surface area contributed by atoms with Gasteiger partial charge in [0, 0.05) is 0 Å². The molecule has 0 saturated carbocycles. The molecule has 33 heavy (non-hydrogen) atoms. The van der Waals surface area contributed by atoms with Crippen molar-refractivity contribution in [2.75, 3.05) is 0 Å². The number of rotatable bonds is 22. The molecule has 0 aliphatic rings. The zero-order valence-electron chi connectivity index (χ0n) is 24.1. The number of hydrogen-bond donors (Lipinski definition) is 0. The Balaban J connectivity index is 5.61. The van der Waals surface area contributed by atoms with Crippen LogP contribution in [0.5, 0.6) is 0 Å². The predicted octanol–water partition coefficient (Wildman–Crippen LogP) is 11.8. The first-order chi connectivity index (χ1) is 16.0. The van der Waals surface area contributed by atoms with Gasteiger partial charge in [0.2, 0.25) is 0 Å². The summed E-state index contributed by atoms with van der Waals surface area (Å²) in [5, 5.41) is 0. The third kappa shape index (κ3) is 16.2. The van der Waals surface area contributed by atoms with Crippen LogP contribution in [0.1, 0.15) is 126 Å². The van der Waals surface area contributed by atoms with Crippen LogP contribution < -0.4 is 0 Å². The van der Waals surface area contributed by atoms with Crippen molar-refractivity contribution in [3.8, 4) is 0 Å². The van der Waals surface area contributed by atoms with Crippen LogP contribution in [-0.2, 0) is 0 Å². The van der Waals surface area contributed by atoms with Crippen LogP contribution in [0.15, 0.2) is 32.0 Å². The molecule has 0 rings (SSSR count). The van der Waals surface area contributed by atoms with Gasteiger partial charge in [-0.05, 0) is 0 Å². The van der Waals surface area contributed by atoms with Crippen molar-refractivity contribution in [1.29, 1.82) is 0 Å². The molecule has 0 aromatic carbocycles. The molecular weight excluding hydrogens is 610 g/mol. The van der Waals surface area contributed by atoms with Gasteiger partial charge in [0.25, 0.3) is 0 Å². The summed E-state index contributed by atoms with van der Waals surface area (Å²) in [4.78, 5) is 0. The van der Waals surface area contributed by atoms with E-state index in [1.807, 2.05) is 0 Å². The van der Waals surface area contributed by atoms with Crippen LogP contribution in [0, 0.1) is 0 Å². The summed E-state index contributed by atoms with van der Waals surface area (Å²) in [6.45, 7) is 16.7. The second kappa shape index (κ2) is 22.0. The summed E-state index contributed by atoms with van der Waals surface area (Å²) >= 11 is -4.31. The molecule has 0 heterocycles. The summed E-state index contributed by atoms with van der Waals surface area (Å²) in [6, 6.07) is 0. The quantitative estimate of drug-likeness (QED) is 0.0794. The molecule has 0 aromatic rings. The molecule has 0 aliphatic heterocycles. The Bertz CT molecular complexity index is 485. The second-order valence-corrected chi connectivity index (χ2v) is 36.8. The molecule has 0 spiro atoms. The average molecular weight is 672 g/mol. The van der Waals surface area contributed by atoms with E-state index in [9.17, 15) is 0 Å². The van der Waals surface area contributed by atoms with E-state index in [0.29, 0.717) is 0 Å². The van der Waals surface area contributed by atoms with E-state index in [0.717, 1.165) is 0 Å². The first kappa shape index (κ1) is 33.8. The second-order valence-electron chi connectivity index (χ2n) is 11.0. The van der Waals surface area contributed by atoms with E-state index in [1.165, 1.54) is 77.0 Å². The van der Waals surface area contributed by atoms with Crippen LogP contribution in [0.25, 0.3) is 0 Å². The van der Waals surface area contributed by atoms with Crippen molar-refractivity contribution in [2.45, 2.75) is 152 Å². The van der Waals surface area contributed by atoms with Gasteiger partial charge in [-0.2, -0.15) is 0 Å². The first-order valence-electron chi connectivity index (χ1n) is 15.0. The molecule has 0 amide bonds. The fourth-order valence-electron chi connectivity index (χ4n) is 5.39. The SMILES string of the molecule is CCC[CH2][Sn](/[CH]=C/C=C/C(C)=[CH]/[Sn]([CH2]CCC)([CH2]CCC)[CH2]CCC)([CH2]CCC)[CH2]CCC. The summed E-state index contributed by atoms with van der Waals surface area (Å²) in [5.74, 6) is 0. The molecule has 194 valence electrons. The van der Waals surface area contributed by atoms with Gasteiger partial charge >= 0.3 is 221 Å². The molecule has 0 radical (unpaired) electrons. The Morgan fingerprint density at radius 3 is 1.15 bits per heavy atom. The standard InChI is InChI=1S/C7H8.6C4H9.2Sn/c1-4-5-6-7(2)3;6*1-3-4-2;;/h1-2,4-6H,3H3;6*1,3-4H2,2H3;;/b4-1?,6-5+,7-2?;;;;;;;;. The van der Waals surface area contributed by atoms with Crippen molar-refractivity contribution < 1.29 is 0 Å². The summed E-state index contributed by atoms with van der Waals surface area (Å²) in [7, 11) is 0. The zero-order valence-corrected chi connectivity index (χ0v) is 29.8. The average Bonchev–Trinajstić information content (AvgIpc) is 2.83. The summed E-state index contributed by atoms with van der Waals surface area (Å²) in [5.41, 5.74) is 1.58. The van der Waals surface area contributed by atoms with E-state index in [2.05, 4.69) is 74.9 Å². The van der Waals surface area contributed by atoms with E-state index in [1.54, 1.807) is 32.2 Å². The number of unbranched alkanes of at least 4 members (excludes halogenated alkanes) is 6. The van der Waals surface area contributed by atoms with E-state index in [-0.39, 0.29) is 0 Å². The number of allylic oxidation sites excluding steroid dienone is 4. The van der Waals surface area contributed by atoms with E-state index in [4.69, 9.17) is 0 Å². The Morgan fingerprint density at radius 1 is 0.485 bits per heavy atom. The summed E-state index contributed by atoms with van der Waals surface area (Å²) in [6.07, 6.45) is 24.4. The van der Waals surface area contributed by atoms with Gasteiger partial charge in [0.15, 0.2) is 0 Å². The Morgan fingerprint density at radius 2 is 0.818 bits per heavy atom. The van der Waals surface area contributed by atoms with Gasteiger partial charge in [-0.3, -0.25) is 0 Å². The third-order valence-electron chi connectivity index (χ3n) is 7.62. The molecule has 0 fully saturated rings. The topological polar surface area (TPSA) is 0 Å². The first-order valence-corrected chi connectivity index (χ1v) is 30.4. The Kier molecular flexibility index (Phi) is 22.6. The molecular formula is C31H62Sn2. The van der Waals surface area contributed by atoms with Crippen molar-refractivity contribution in [2.24, 2.45) is 0 Å². The maximum absolute atomic E-state index is 2.89. The van der Waals surface area contributed by atoms with Crippen LogP contribution in [0.2, 0.25) is 26.6 Å². The molecule has 0 bridgehead atoms. The Hall–Kier alpha value is 0.817. The predicted molar refractivity (Wildman–Crippen MR) is 162 cm³/mol. The zero-order chi connectivity index (χ0) is 24.8. The minimum absolute atomic E-state index is 1.37. The fraction of sp³-hybridized carbons (Fsp3) is 0.806. The molecule has 0 aromatic heterocycles. The van der Waals surface area contributed by atoms with Crippen molar-refractivity contribution in [3.05, 3.63) is 32.0 Å². The number of hydrogen-bond acceptors (Lipinski definition) is 0. The van der Waals surface area contributed by atoms with Gasteiger partial charge in [-0.25, -0.2) is 0 Å². The van der Waals surface area contributed by atoms with Gasteiger partial charge < -0.3 is 0 Å². The minimum atomic E-state index is -2.18. The van der Waals surface area contributed by atoms with Crippen LogP contribution in [0.3, 0.4) is 0 Å². The van der Waals surface area contributed by atoms with E-state index < -0.39 is 36.8 Å². The normalized spacial score (nSPS) is 13.6. The molecule has 2 heteroatoms. The van der Waals surface area contributed by atoms with E-state index >= 15 is 0 Å². The van der Waals surface area contributed by atoms with Gasteiger partial charge in [-0.15, -0.1) is 0 Å². The Labute approximate surface area is 219 Å². The maximum atomic E-state index is 2.89.